The Bertz CT molecular complexity index is 970. The van der Waals surface area contributed by atoms with Gasteiger partial charge in [-0.15, -0.1) is 0 Å². The van der Waals surface area contributed by atoms with Gasteiger partial charge in [-0.05, 0) is 26.7 Å². The maximum atomic E-state index is 12.2. The average molecular weight is 434 g/mol. The Balaban J connectivity index is 1.73. The fourth-order valence-corrected chi connectivity index (χ4v) is 2.76. The second-order valence-corrected chi connectivity index (χ2v) is 8.26. The van der Waals surface area contributed by atoms with Gasteiger partial charge in [0.05, 0.1) is 7.11 Å². The first kappa shape index (κ1) is 22.3. The van der Waals surface area contributed by atoms with Gasteiger partial charge in [0.1, 0.15) is 30.8 Å². The molecule has 2 aromatic heterocycles. The van der Waals surface area contributed by atoms with E-state index in [1.807, 2.05) is 13.8 Å². The summed E-state index contributed by atoms with van der Waals surface area (Å²) in [6.45, 7) is 9.37. The van der Waals surface area contributed by atoms with Crippen molar-refractivity contribution in [3.63, 3.8) is 0 Å². The van der Waals surface area contributed by atoms with Gasteiger partial charge in [0.25, 0.3) is 0 Å². The minimum absolute atomic E-state index is 0.0118. The Labute approximate surface area is 179 Å². The van der Waals surface area contributed by atoms with Gasteiger partial charge in [0.15, 0.2) is 17.4 Å². The molecule has 1 amide bonds. The number of hydrogen-bond donors (Lipinski definition) is 1. The predicted molar refractivity (Wildman–Crippen MR) is 107 cm³/mol. The van der Waals surface area contributed by atoms with Crippen LogP contribution < -0.4 is 5.32 Å². The molecule has 1 aliphatic heterocycles. The topological polar surface area (TPSA) is 138 Å². The van der Waals surface area contributed by atoms with Gasteiger partial charge < -0.3 is 28.4 Å². The maximum Gasteiger partial charge on any atom is 0.408 e. The molecule has 11 nitrogen and oxygen atoms in total. The number of methoxy groups -OCH3 is 1. The zero-order valence-corrected chi connectivity index (χ0v) is 18.3. The summed E-state index contributed by atoms with van der Waals surface area (Å²) in [5.41, 5.74) is -0.200. The lowest BCUT2D eigenvalue weighted by Gasteiger charge is -2.24. The van der Waals surface area contributed by atoms with E-state index in [1.165, 1.54) is 19.6 Å². The Morgan fingerprint density at radius 3 is 2.58 bits per heavy atom. The third-order valence-corrected chi connectivity index (χ3v) is 4.20. The van der Waals surface area contributed by atoms with Crippen molar-refractivity contribution < 1.29 is 32.6 Å². The molecule has 0 saturated heterocycles. The van der Waals surface area contributed by atoms with E-state index < -0.39 is 29.7 Å². The predicted octanol–water partition coefficient (Wildman–Crippen LogP) is 3.19. The summed E-state index contributed by atoms with van der Waals surface area (Å²) < 4.78 is 26.4. The highest BCUT2D eigenvalue weighted by molar-refractivity contribution is 5.93. The summed E-state index contributed by atoms with van der Waals surface area (Å²) in [6.07, 6.45) is 2.04. The molecule has 3 heterocycles. The Morgan fingerprint density at radius 2 is 1.94 bits per heavy atom. The molecule has 11 heteroatoms. The number of aliphatic imine (C=N–C) groups is 1. The lowest BCUT2D eigenvalue weighted by atomic mass is 10.0. The number of ether oxygens (including phenoxy) is 3. The highest BCUT2D eigenvalue weighted by Crippen LogP contribution is 2.27. The zero-order chi connectivity index (χ0) is 22.8. The average Bonchev–Trinajstić information content (AvgIpc) is 3.43. The normalized spacial score (nSPS) is 17.1. The van der Waals surface area contributed by atoms with Crippen LogP contribution in [0.2, 0.25) is 0 Å². The number of aromatic nitrogens is 2. The smallest absolute Gasteiger partial charge is 0.408 e. The van der Waals surface area contributed by atoms with E-state index in [0.29, 0.717) is 11.6 Å². The molecule has 0 aromatic carbocycles. The molecule has 0 saturated carbocycles. The Kier molecular flexibility index (Phi) is 6.32. The molecule has 0 radical (unpaired) electrons. The molecule has 1 N–H and O–H groups in total. The van der Waals surface area contributed by atoms with Crippen LogP contribution in [0.25, 0.3) is 0 Å². The quantitative estimate of drug-likeness (QED) is 0.679. The molecule has 2 unspecified atom stereocenters. The van der Waals surface area contributed by atoms with Gasteiger partial charge in [-0.2, -0.15) is 0 Å². The van der Waals surface area contributed by atoms with Crippen LogP contribution in [0, 0.1) is 5.92 Å². The van der Waals surface area contributed by atoms with Gasteiger partial charge in [0.2, 0.25) is 17.7 Å². The van der Waals surface area contributed by atoms with Crippen LogP contribution >= 0.6 is 0 Å². The summed E-state index contributed by atoms with van der Waals surface area (Å²) in [6, 6.07) is -1.04. The maximum absolute atomic E-state index is 12.2. The summed E-state index contributed by atoms with van der Waals surface area (Å²) >= 11 is 0. The third kappa shape index (κ3) is 5.41. The number of amides is 1. The van der Waals surface area contributed by atoms with Crippen LogP contribution in [-0.4, -0.2) is 47.2 Å². The highest BCUT2D eigenvalue weighted by Gasteiger charge is 2.31. The van der Waals surface area contributed by atoms with E-state index in [-0.39, 0.29) is 30.0 Å². The molecule has 0 aliphatic carbocycles. The van der Waals surface area contributed by atoms with Crippen LogP contribution in [0.15, 0.2) is 26.4 Å². The second kappa shape index (κ2) is 8.78. The first-order valence-corrected chi connectivity index (χ1v) is 9.77. The monoisotopic (exact) mass is 434 g/mol. The van der Waals surface area contributed by atoms with E-state index in [1.54, 1.807) is 20.8 Å². The number of carbonyl (C=O) groups is 2. The van der Waals surface area contributed by atoms with Gasteiger partial charge in [-0.25, -0.2) is 24.5 Å². The number of nitrogens with one attached hydrogen (secondary N) is 1. The number of esters is 1. The summed E-state index contributed by atoms with van der Waals surface area (Å²) in [4.78, 5) is 36.6. The third-order valence-electron chi connectivity index (χ3n) is 4.20. The van der Waals surface area contributed by atoms with E-state index in [9.17, 15) is 9.59 Å². The van der Waals surface area contributed by atoms with Crippen LogP contribution in [0.1, 0.15) is 74.7 Å². The molecule has 0 fully saturated rings. The van der Waals surface area contributed by atoms with E-state index in [2.05, 4.69) is 25.0 Å². The van der Waals surface area contributed by atoms with Crippen LogP contribution in [0.4, 0.5) is 4.79 Å². The van der Waals surface area contributed by atoms with Crippen molar-refractivity contribution in [1.82, 2.24) is 15.3 Å². The van der Waals surface area contributed by atoms with Crippen molar-refractivity contribution in [3.05, 3.63) is 35.7 Å². The molecule has 0 spiro atoms. The van der Waals surface area contributed by atoms with E-state index in [4.69, 9.17) is 18.3 Å². The summed E-state index contributed by atoms with van der Waals surface area (Å²) in [5.74, 6) is 0.164. The van der Waals surface area contributed by atoms with Crippen LogP contribution in [-0.2, 0) is 14.2 Å². The van der Waals surface area contributed by atoms with Gasteiger partial charge >= 0.3 is 12.1 Å². The van der Waals surface area contributed by atoms with Crippen molar-refractivity contribution in [2.45, 2.75) is 52.3 Å². The molecule has 168 valence electrons. The van der Waals surface area contributed by atoms with Gasteiger partial charge in [-0.3, -0.25) is 0 Å². The molecule has 0 bridgehead atoms. The van der Waals surface area contributed by atoms with Gasteiger partial charge in [0, 0.05) is 0 Å². The molecular weight excluding hydrogens is 408 g/mol. The highest BCUT2D eigenvalue weighted by atomic mass is 16.6. The van der Waals surface area contributed by atoms with Crippen LogP contribution in [0.5, 0.6) is 0 Å². The van der Waals surface area contributed by atoms with Crippen molar-refractivity contribution in [3.8, 4) is 0 Å². The molecule has 2 atom stereocenters. The lowest BCUT2D eigenvalue weighted by Crippen LogP contribution is -2.37. The first-order chi connectivity index (χ1) is 14.6. The fourth-order valence-electron chi connectivity index (χ4n) is 2.76. The minimum atomic E-state index is -0.623. The minimum Gasteiger partial charge on any atom is -0.473 e. The lowest BCUT2D eigenvalue weighted by molar-refractivity contribution is 0.0478. The van der Waals surface area contributed by atoms with E-state index in [0.717, 1.165) is 0 Å². The number of rotatable bonds is 6. The van der Waals surface area contributed by atoms with Crippen LogP contribution in [0.3, 0.4) is 0 Å². The van der Waals surface area contributed by atoms with Crippen molar-refractivity contribution >= 4 is 18.0 Å². The van der Waals surface area contributed by atoms with Gasteiger partial charge in [-0.1, -0.05) is 13.8 Å². The molecule has 1 aliphatic rings. The molecule has 31 heavy (non-hydrogen) atoms. The second-order valence-electron chi connectivity index (χ2n) is 8.26. The van der Waals surface area contributed by atoms with E-state index >= 15 is 0 Å². The fraction of sp³-hybridized carbons (Fsp3) is 0.550. The molecule has 2 aromatic rings. The largest absolute Gasteiger partial charge is 0.473 e. The Morgan fingerprint density at radius 1 is 1.19 bits per heavy atom. The molecular formula is C20H26N4O7. The number of alkyl carbamates (subject to hydrolysis) is 1. The van der Waals surface area contributed by atoms with Crippen molar-refractivity contribution in [1.29, 1.82) is 0 Å². The summed E-state index contributed by atoms with van der Waals surface area (Å²) in [5, 5.41) is 2.78. The number of oxazole rings is 2. The standard InChI is InChI=1S/C20H26N4O7/c1-10(2)14(24-19(26)31-20(3,4)5)17-22-12(8-30-17)15-21-11(7-28-15)16-23-13(9-29-16)18(25)27-6/h8-11,14H,7H2,1-6H3,(H,24,26). The number of carbonyl (C=O) groups excluding carboxylic acids is 2. The number of nitrogens with zero attached hydrogens (tertiary/aromatic N) is 3. The van der Waals surface area contributed by atoms with Crippen molar-refractivity contribution in [2.24, 2.45) is 10.9 Å². The first-order valence-electron chi connectivity index (χ1n) is 9.77. The number of hydrogen-bond acceptors (Lipinski definition) is 10. The summed E-state index contributed by atoms with van der Waals surface area (Å²) in [7, 11) is 1.26. The van der Waals surface area contributed by atoms with Crippen molar-refractivity contribution in [2.75, 3.05) is 13.7 Å². The zero-order valence-electron chi connectivity index (χ0n) is 18.3. The Hall–Kier alpha value is -3.37. The molecule has 3 rings (SSSR count). The SMILES string of the molecule is COC(=O)c1coc(C2COC(c3coc(C(NC(=O)OC(C)(C)C)C(C)C)n3)=N2)n1.